The lowest BCUT2D eigenvalue weighted by Crippen LogP contribution is -2.12. The summed E-state index contributed by atoms with van der Waals surface area (Å²) in [5, 5.41) is 3.68. The van der Waals surface area contributed by atoms with E-state index in [-0.39, 0.29) is 5.91 Å². The van der Waals surface area contributed by atoms with Crippen LogP contribution in [0.15, 0.2) is 24.4 Å². The van der Waals surface area contributed by atoms with E-state index in [1.54, 1.807) is 12.3 Å². The first-order valence-corrected chi connectivity index (χ1v) is 8.38. The Bertz CT molecular complexity index is 914. The Morgan fingerprint density at radius 3 is 3.00 bits per heavy atom. The average Bonchev–Trinajstić information content (AvgIpc) is 3.12. The molecule has 0 bridgehead atoms. The summed E-state index contributed by atoms with van der Waals surface area (Å²) >= 11 is 1.34. The SMILES string of the molecule is Cc1ccc(NC(=O)c2sc3nc4c(cc3c2N)CCC4)nc1. The summed E-state index contributed by atoms with van der Waals surface area (Å²) in [4.78, 5) is 22.7. The number of hydrogen-bond donors (Lipinski definition) is 2. The number of fused-ring (bicyclic) bond motifs is 2. The minimum absolute atomic E-state index is 0.234. The summed E-state index contributed by atoms with van der Waals surface area (Å²) in [5.74, 6) is 0.287. The maximum atomic E-state index is 12.5. The Morgan fingerprint density at radius 1 is 1.35 bits per heavy atom. The number of aryl methyl sites for hydroxylation is 3. The zero-order valence-corrected chi connectivity index (χ0v) is 13.5. The molecule has 3 heterocycles. The molecule has 0 spiro atoms. The number of nitrogens with one attached hydrogen (secondary N) is 1. The highest BCUT2D eigenvalue weighted by Gasteiger charge is 2.21. The molecule has 3 N–H and O–H groups in total. The molecule has 3 aromatic heterocycles. The van der Waals surface area contributed by atoms with Crippen molar-refractivity contribution in [2.45, 2.75) is 26.2 Å². The van der Waals surface area contributed by atoms with Gasteiger partial charge in [-0.2, -0.15) is 0 Å². The molecule has 0 unspecified atom stereocenters. The predicted molar refractivity (Wildman–Crippen MR) is 93.0 cm³/mol. The van der Waals surface area contributed by atoms with E-state index >= 15 is 0 Å². The number of pyridine rings is 2. The Kier molecular flexibility index (Phi) is 3.27. The van der Waals surface area contributed by atoms with Crippen LogP contribution >= 0.6 is 11.3 Å². The van der Waals surface area contributed by atoms with E-state index in [4.69, 9.17) is 5.73 Å². The van der Waals surface area contributed by atoms with Gasteiger partial charge in [-0.15, -0.1) is 11.3 Å². The third-order valence-electron chi connectivity index (χ3n) is 4.11. The van der Waals surface area contributed by atoms with Crippen molar-refractivity contribution >= 4 is 39.0 Å². The molecule has 4 rings (SSSR count). The number of carbonyl (C=O) groups is 1. The second kappa shape index (κ2) is 5.31. The molecule has 3 aromatic rings. The van der Waals surface area contributed by atoms with Gasteiger partial charge >= 0.3 is 0 Å². The first-order valence-electron chi connectivity index (χ1n) is 7.56. The van der Waals surface area contributed by atoms with E-state index in [0.717, 1.165) is 40.7 Å². The molecule has 1 aliphatic rings. The standard InChI is InChI=1S/C17H16N4OS/c1-9-5-6-13(19-8-9)21-16(22)15-14(18)11-7-10-3-2-4-12(10)20-17(11)23-15/h5-8H,2-4,18H2,1H3,(H,19,21,22). The summed E-state index contributed by atoms with van der Waals surface area (Å²) in [6.07, 6.45) is 4.92. The first kappa shape index (κ1) is 14.1. The highest BCUT2D eigenvalue weighted by molar-refractivity contribution is 7.21. The predicted octanol–water partition coefficient (Wildman–Crippen LogP) is 3.32. The van der Waals surface area contributed by atoms with Crippen molar-refractivity contribution in [3.8, 4) is 0 Å². The molecule has 0 aliphatic heterocycles. The van der Waals surface area contributed by atoms with Crippen molar-refractivity contribution in [3.05, 3.63) is 46.1 Å². The van der Waals surface area contributed by atoms with Gasteiger partial charge in [-0.3, -0.25) is 4.79 Å². The number of hydrogen-bond acceptors (Lipinski definition) is 5. The van der Waals surface area contributed by atoms with Gasteiger partial charge in [0, 0.05) is 17.3 Å². The smallest absolute Gasteiger partial charge is 0.269 e. The van der Waals surface area contributed by atoms with E-state index < -0.39 is 0 Å². The van der Waals surface area contributed by atoms with Crippen LogP contribution in [0.5, 0.6) is 0 Å². The average molecular weight is 324 g/mol. The van der Waals surface area contributed by atoms with Crippen LogP contribution in [-0.4, -0.2) is 15.9 Å². The summed E-state index contributed by atoms with van der Waals surface area (Å²) < 4.78 is 0. The fourth-order valence-electron chi connectivity index (χ4n) is 2.88. The summed E-state index contributed by atoms with van der Waals surface area (Å²) in [6.45, 7) is 1.95. The highest BCUT2D eigenvalue weighted by Crippen LogP contribution is 2.36. The number of nitrogen functional groups attached to an aromatic ring is 1. The third kappa shape index (κ3) is 2.45. The number of nitrogens with two attached hydrogens (primary N) is 1. The summed E-state index contributed by atoms with van der Waals surface area (Å²) in [7, 11) is 0. The molecule has 0 aromatic carbocycles. The zero-order valence-electron chi connectivity index (χ0n) is 12.7. The molecule has 23 heavy (non-hydrogen) atoms. The number of aromatic nitrogens is 2. The maximum absolute atomic E-state index is 12.5. The summed E-state index contributed by atoms with van der Waals surface area (Å²) in [5.41, 5.74) is 10.2. The normalized spacial score (nSPS) is 13.3. The van der Waals surface area contributed by atoms with Crippen molar-refractivity contribution in [2.75, 3.05) is 11.1 Å². The Hall–Kier alpha value is -2.47. The van der Waals surface area contributed by atoms with E-state index in [1.807, 2.05) is 13.0 Å². The van der Waals surface area contributed by atoms with E-state index in [9.17, 15) is 4.79 Å². The van der Waals surface area contributed by atoms with Gasteiger partial charge < -0.3 is 11.1 Å². The minimum Gasteiger partial charge on any atom is -0.397 e. The molecule has 116 valence electrons. The van der Waals surface area contributed by atoms with Crippen LogP contribution in [0.4, 0.5) is 11.5 Å². The molecule has 0 radical (unpaired) electrons. The molecule has 6 heteroatoms. The number of anilines is 2. The molecule has 1 aliphatic carbocycles. The Morgan fingerprint density at radius 2 is 2.22 bits per heavy atom. The van der Waals surface area contributed by atoms with Crippen molar-refractivity contribution in [1.82, 2.24) is 9.97 Å². The van der Waals surface area contributed by atoms with Crippen LogP contribution in [0, 0.1) is 6.92 Å². The number of rotatable bonds is 2. The molecule has 0 fully saturated rings. The van der Waals surface area contributed by atoms with Gasteiger partial charge in [0.25, 0.3) is 5.91 Å². The van der Waals surface area contributed by atoms with Crippen LogP contribution in [0.1, 0.15) is 32.9 Å². The number of amides is 1. The molecular weight excluding hydrogens is 308 g/mol. The second-order valence-corrected chi connectivity index (χ2v) is 6.82. The van der Waals surface area contributed by atoms with Gasteiger partial charge in [-0.05, 0) is 49.4 Å². The van der Waals surface area contributed by atoms with E-state index in [0.29, 0.717) is 16.4 Å². The molecule has 1 amide bonds. The van der Waals surface area contributed by atoms with Crippen molar-refractivity contribution < 1.29 is 4.79 Å². The van der Waals surface area contributed by atoms with Crippen molar-refractivity contribution in [2.24, 2.45) is 0 Å². The first-order chi connectivity index (χ1) is 11.1. The quantitative estimate of drug-likeness (QED) is 0.757. The highest BCUT2D eigenvalue weighted by atomic mass is 32.1. The zero-order chi connectivity index (χ0) is 16.0. The van der Waals surface area contributed by atoms with Crippen molar-refractivity contribution in [3.63, 3.8) is 0 Å². The van der Waals surface area contributed by atoms with Crippen molar-refractivity contribution in [1.29, 1.82) is 0 Å². The lowest BCUT2D eigenvalue weighted by molar-refractivity contribution is 0.103. The van der Waals surface area contributed by atoms with E-state index in [2.05, 4.69) is 21.4 Å². The third-order valence-corrected chi connectivity index (χ3v) is 5.22. The van der Waals surface area contributed by atoms with E-state index in [1.165, 1.54) is 16.9 Å². The van der Waals surface area contributed by atoms with Crippen LogP contribution in [-0.2, 0) is 12.8 Å². The molecule has 0 saturated heterocycles. The number of thiophene rings is 1. The molecular formula is C17H16N4OS. The molecule has 0 atom stereocenters. The Labute approximate surface area is 137 Å². The van der Waals surface area contributed by atoms with Gasteiger partial charge in [-0.1, -0.05) is 6.07 Å². The fourth-order valence-corrected chi connectivity index (χ4v) is 3.87. The van der Waals surface area contributed by atoms with Crippen LogP contribution in [0.2, 0.25) is 0 Å². The minimum atomic E-state index is -0.234. The molecule has 5 nitrogen and oxygen atoms in total. The monoisotopic (exact) mass is 324 g/mol. The van der Waals surface area contributed by atoms with Gasteiger partial charge in [0.15, 0.2) is 0 Å². The second-order valence-electron chi connectivity index (χ2n) is 5.82. The fraction of sp³-hybridized carbons (Fsp3) is 0.235. The number of nitrogens with zero attached hydrogens (tertiary/aromatic N) is 2. The number of carbonyl (C=O) groups excluding carboxylic acids is 1. The Balaban J connectivity index is 1.69. The van der Waals surface area contributed by atoms with Crippen LogP contribution < -0.4 is 11.1 Å². The van der Waals surface area contributed by atoms with Gasteiger partial charge in [-0.25, -0.2) is 9.97 Å². The van der Waals surface area contributed by atoms with Crippen LogP contribution in [0.25, 0.3) is 10.2 Å². The summed E-state index contributed by atoms with van der Waals surface area (Å²) in [6, 6.07) is 5.78. The van der Waals surface area contributed by atoms with Gasteiger partial charge in [0.2, 0.25) is 0 Å². The topological polar surface area (TPSA) is 80.9 Å². The van der Waals surface area contributed by atoms with Gasteiger partial charge in [0.05, 0.1) is 5.69 Å². The maximum Gasteiger partial charge on any atom is 0.269 e. The largest absolute Gasteiger partial charge is 0.397 e. The molecule has 0 saturated carbocycles. The lowest BCUT2D eigenvalue weighted by Gasteiger charge is -2.03. The van der Waals surface area contributed by atoms with Gasteiger partial charge in [0.1, 0.15) is 15.5 Å². The van der Waals surface area contributed by atoms with Crippen LogP contribution in [0.3, 0.4) is 0 Å². The lowest BCUT2D eigenvalue weighted by atomic mass is 10.1.